The minimum Gasteiger partial charge on any atom is -0.497 e. The minimum absolute atomic E-state index is 0.107. The van der Waals surface area contributed by atoms with Crippen molar-refractivity contribution in [1.29, 1.82) is 0 Å². The summed E-state index contributed by atoms with van der Waals surface area (Å²) in [7, 11) is 1.67. The molecule has 0 radical (unpaired) electrons. The highest BCUT2D eigenvalue weighted by Gasteiger charge is 2.13. The zero-order valence-corrected chi connectivity index (χ0v) is 9.16. The van der Waals surface area contributed by atoms with Crippen molar-refractivity contribution in [1.82, 2.24) is 0 Å². The molecule has 2 unspecified atom stereocenters. The lowest BCUT2D eigenvalue weighted by Crippen LogP contribution is -2.18. The van der Waals surface area contributed by atoms with Crippen LogP contribution in [0.5, 0.6) is 5.75 Å². The molecule has 14 heavy (non-hydrogen) atoms. The molecule has 0 fully saturated rings. The molecule has 2 nitrogen and oxygen atoms in total. The van der Waals surface area contributed by atoms with Gasteiger partial charge in [0.2, 0.25) is 0 Å². The van der Waals surface area contributed by atoms with Gasteiger partial charge in [-0.2, -0.15) is 0 Å². The first kappa shape index (κ1) is 11.1. The van der Waals surface area contributed by atoms with Crippen molar-refractivity contribution < 1.29 is 4.74 Å². The second kappa shape index (κ2) is 5.01. The van der Waals surface area contributed by atoms with Gasteiger partial charge < -0.3 is 10.5 Å². The van der Waals surface area contributed by atoms with Gasteiger partial charge in [0.05, 0.1) is 7.11 Å². The molecular formula is C12H19NO. The Morgan fingerprint density at radius 3 is 2.71 bits per heavy atom. The van der Waals surface area contributed by atoms with Gasteiger partial charge in [-0.05, 0) is 23.6 Å². The van der Waals surface area contributed by atoms with Crippen molar-refractivity contribution in [2.75, 3.05) is 7.11 Å². The van der Waals surface area contributed by atoms with E-state index in [4.69, 9.17) is 10.5 Å². The van der Waals surface area contributed by atoms with Gasteiger partial charge in [0.1, 0.15) is 5.75 Å². The zero-order valence-electron chi connectivity index (χ0n) is 9.16. The molecule has 0 saturated carbocycles. The third-order valence-electron chi connectivity index (χ3n) is 2.74. The number of benzene rings is 1. The molecule has 0 amide bonds. The fraction of sp³-hybridized carbons (Fsp3) is 0.500. The van der Waals surface area contributed by atoms with E-state index in [1.807, 2.05) is 18.2 Å². The first-order chi connectivity index (χ1) is 6.69. The standard InChI is InChI=1S/C12H19NO/c1-4-9(2)12(13)10-6-5-7-11(8-10)14-3/h5-9,12H,4,13H2,1-3H3. The average Bonchev–Trinajstić information content (AvgIpc) is 2.27. The van der Waals surface area contributed by atoms with Crippen LogP contribution in [-0.4, -0.2) is 7.11 Å². The van der Waals surface area contributed by atoms with Gasteiger partial charge in [0.25, 0.3) is 0 Å². The van der Waals surface area contributed by atoms with Crippen molar-refractivity contribution in [2.24, 2.45) is 11.7 Å². The van der Waals surface area contributed by atoms with Gasteiger partial charge in [-0.3, -0.25) is 0 Å². The summed E-state index contributed by atoms with van der Waals surface area (Å²) in [6, 6.07) is 8.09. The maximum atomic E-state index is 6.12. The predicted octanol–water partition coefficient (Wildman–Crippen LogP) is 2.74. The zero-order chi connectivity index (χ0) is 10.6. The third kappa shape index (κ3) is 2.48. The molecular weight excluding hydrogens is 174 g/mol. The summed E-state index contributed by atoms with van der Waals surface area (Å²) in [6.07, 6.45) is 1.10. The number of methoxy groups -OCH3 is 1. The van der Waals surface area contributed by atoms with Crippen LogP contribution < -0.4 is 10.5 Å². The third-order valence-corrected chi connectivity index (χ3v) is 2.74. The van der Waals surface area contributed by atoms with E-state index >= 15 is 0 Å². The van der Waals surface area contributed by atoms with Gasteiger partial charge in [-0.1, -0.05) is 32.4 Å². The fourth-order valence-electron chi connectivity index (χ4n) is 1.43. The summed E-state index contributed by atoms with van der Waals surface area (Å²) in [5, 5.41) is 0. The summed E-state index contributed by atoms with van der Waals surface area (Å²) in [4.78, 5) is 0. The molecule has 78 valence electrons. The minimum atomic E-state index is 0.107. The highest BCUT2D eigenvalue weighted by atomic mass is 16.5. The number of hydrogen-bond donors (Lipinski definition) is 1. The molecule has 0 saturated heterocycles. The van der Waals surface area contributed by atoms with Crippen molar-refractivity contribution in [3.05, 3.63) is 29.8 Å². The molecule has 0 aliphatic rings. The molecule has 1 rings (SSSR count). The second-order valence-corrected chi connectivity index (χ2v) is 3.69. The predicted molar refractivity (Wildman–Crippen MR) is 59.4 cm³/mol. The Morgan fingerprint density at radius 1 is 1.43 bits per heavy atom. The van der Waals surface area contributed by atoms with E-state index < -0.39 is 0 Å². The van der Waals surface area contributed by atoms with Crippen LogP contribution in [0.2, 0.25) is 0 Å². The Labute approximate surface area is 86.1 Å². The monoisotopic (exact) mass is 193 g/mol. The quantitative estimate of drug-likeness (QED) is 0.798. The lowest BCUT2D eigenvalue weighted by molar-refractivity contribution is 0.410. The van der Waals surface area contributed by atoms with Crippen LogP contribution in [0.15, 0.2) is 24.3 Å². The van der Waals surface area contributed by atoms with Crippen LogP contribution in [0.4, 0.5) is 0 Å². The van der Waals surface area contributed by atoms with E-state index in [1.165, 1.54) is 0 Å². The van der Waals surface area contributed by atoms with Gasteiger partial charge >= 0.3 is 0 Å². The summed E-state index contributed by atoms with van der Waals surface area (Å²) >= 11 is 0. The molecule has 0 aromatic heterocycles. The number of hydrogen-bond acceptors (Lipinski definition) is 2. The Kier molecular flexibility index (Phi) is 3.96. The van der Waals surface area contributed by atoms with Crippen LogP contribution in [0.1, 0.15) is 31.9 Å². The van der Waals surface area contributed by atoms with Crippen molar-refractivity contribution in [3.63, 3.8) is 0 Å². The first-order valence-electron chi connectivity index (χ1n) is 5.08. The summed E-state index contributed by atoms with van der Waals surface area (Å²) in [5.74, 6) is 1.38. The van der Waals surface area contributed by atoms with Gasteiger partial charge in [-0.15, -0.1) is 0 Å². The van der Waals surface area contributed by atoms with Gasteiger partial charge in [0, 0.05) is 6.04 Å². The molecule has 2 N–H and O–H groups in total. The molecule has 2 heteroatoms. The van der Waals surface area contributed by atoms with E-state index in [0.29, 0.717) is 5.92 Å². The Hall–Kier alpha value is -1.02. The molecule has 2 atom stereocenters. The fourth-order valence-corrected chi connectivity index (χ4v) is 1.43. The lowest BCUT2D eigenvalue weighted by atomic mass is 9.93. The summed E-state index contributed by atoms with van der Waals surface area (Å²) < 4.78 is 5.16. The topological polar surface area (TPSA) is 35.2 Å². The molecule has 0 aliphatic heterocycles. The first-order valence-corrected chi connectivity index (χ1v) is 5.08. The van der Waals surface area contributed by atoms with E-state index in [9.17, 15) is 0 Å². The van der Waals surface area contributed by atoms with E-state index in [2.05, 4.69) is 19.9 Å². The lowest BCUT2D eigenvalue weighted by Gasteiger charge is -2.19. The average molecular weight is 193 g/mol. The summed E-state index contributed by atoms with van der Waals surface area (Å²) in [5.41, 5.74) is 7.27. The number of nitrogens with two attached hydrogens (primary N) is 1. The molecule has 1 aromatic rings. The Bertz CT molecular complexity index is 285. The van der Waals surface area contributed by atoms with Crippen molar-refractivity contribution in [2.45, 2.75) is 26.3 Å². The number of ether oxygens (including phenoxy) is 1. The highest BCUT2D eigenvalue weighted by Crippen LogP contribution is 2.24. The van der Waals surface area contributed by atoms with Gasteiger partial charge in [-0.25, -0.2) is 0 Å². The smallest absolute Gasteiger partial charge is 0.119 e. The molecule has 0 bridgehead atoms. The Balaban J connectivity index is 2.83. The van der Waals surface area contributed by atoms with Crippen LogP contribution in [0.25, 0.3) is 0 Å². The summed E-state index contributed by atoms with van der Waals surface area (Å²) in [6.45, 7) is 4.33. The molecule has 0 heterocycles. The molecule has 0 aliphatic carbocycles. The largest absolute Gasteiger partial charge is 0.497 e. The van der Waals surface area contributed by atoms with Crippen molar-refractivity contribution >= 4 is 0 Å². The van der Waals surface area contributed by atoms with E-state index in [-0.39, 0.29) is 6.04 Å². The van der Waals surface area contributed by atoms with E-state index in [0.717, 1.165) is 17.7 Å². The maximum absolute atomic E-state index is 6.12. The molecule has 1 aromatic carbocycles. The van der Waals surface area contributed by atoms with Crippen LogP contribution in [0, 0.1) is 5.92 Å². The normalized spacial score (nSPS) is 14.9. The second-order valence-electron chi connectivity index (χ2n) is 3.69. The van der Waals surface area contributed by atoms with Crippen LogP contribution >= 0.6 is 0 Å². The molecule has 0 spiro atoms. The van der Waals surface area contributed by atoms with Crippen molar-refractivity contribution in [3.8, 4) is 5.75 Å². The van der Waals surface area contributed by atoms with Crippen LogP contribution in [0.3, 0.4) is 0 Å². The SMILES string of the molecule is CCC(C)C(N)c1cccc(OC)c1. The van der Waals surface area contributed by atoms with Gasteiger partial charge in [0.15, 0.2) is 0 Å². The highest BCUT2D eigenvalue weighted by molar-refractivity contribution is 5.30. The maximum Gasteiger partial charge on any atom is 0.119 e. The Morgan fingerprint density at radius 2 is 2.14 bits per heavy atom. The number of rotatable bonds is 4. The van der Waals surface area contributed by atoms with Crippen LogP contribution in [-0.2, 0) is 0 Å². The van der Waals surface area contributed by atoms with E-state index in [1.54, 1.807) is 7.11 Å².